The molecule has 376 valence electrons. The van der Waals surface area contributed by atoms with Crippen molar-refractivity contribution < 1.29 is 47.9 Å². The molecule has 0 bridgehead atoms. The highest BCUT2D eigenvalue weighted by molar-refractivity contribution is 7.98. The molecule has 0 radical (unpaired) electrons. The molecule has 19 nitrogen and oxygen atoms in total. The second kappa shape index (κ2) is 25.3. The highest BCUT2D eigenvalue weighted by atomic mass is 32.2. The number of ketones is 2. The molecule has 1 heterocycles. The Labute approximate surface area is 412 Å². The molecule has 0 saturated carbocycles. The zero-order valence-corrected chi connectivity index (χ0v) is 41.3. The van der Waals surface area contributed by atoms with Crippen LogP contribution in [-0.2, 0) is 39.3 Å². The number of nitrogens with zero attached hydrogens (tertiary/aromatic N) is 2. The number of thioether (sulfide) groups is 1. The molecular formula is C50H65N9O10S. The summed E-state index contributed by atoms with van der Waals surface area (Å²) in [6.45, 7) is 7.67. The smallest absolute Gasteiger partial charge is 0.252 e. The second-order valence-corrected chi connectivity index (χ2v) is 18.9. The maximum Gasteiger partial charge on any atom is 0.252 e. The molecule has 6 atom stereocenters. The first kappa shape index (κ1) is 54.3. The third-order valence-corrected chi connectivity index (χ3v) is 13.0. The number of carbonyl (C=O) groups excluding carboxylic acids is 9. The summed E-state index contributed by atoms with van der Waals surface area (Å²) < 4.78 is 5.19. The first-order chi connectivity index (χ1) is 33.3. The van der Waals surface area contributed by atoms with E-state index in [0.717, 1.165) is 16.2 Å². The maximum atomic E-state index is 14.7. The number of nitrogens with one attached hydrogen (secondary N) is 5. The van der Waals surface area contributed by atoms with Crippen LogP contribution in [0.15, 0.2) is 66.7 Å². The summed E-state index contributed by atoms with van der Waals surface area (Å²) in [7, 11) is 1.58. The van der Waals surface area contributed by atoms with E-state index in [4.69, 9.17) is 16.2 Å². The highest BCUT2D eigenvalue weighted by Crippen LogP contribution is 2.32. The summed E-state index contributed by atoms with van der Waals surface area (Å²) in [5.41, 5.74) is 14.2. The van der Waals surface area contributed by atoms with Crippen molar-refractivity contribution in [1.82, 2.24) is 31.1 Å². The summed E-state index contributed by atoms with van der Waals surface area (Å²) in [6.07, 6.45) is 0.963. The summed E-state index contributed by atoms with van der Waals surface area (Å²) in [6, 6.07) is 12.7. The number of fused-ring (bicyclic) bond motifs is 2. The molecule has 7 amide bonds. The van der Waals surface area contributed by atoms with E-state index in [1.807, 2.05) is 38.1 Å². The molecule has 3 aromatic rings. The van der Waals surface area contributed by atoms with Crippen LogP contribution < -0.4 is 42.8 Å². The van der Waals surface area contributed by atoms with E-state index in [9.17, 15) is 43.2 Å². The molecule has 3 aromatic carbocycles. The largest absolute Gasteiger partial charge is 0.497 e. The fourth-order valence-corrected chi connectivity index (χ4v) is 9.08. The summed E-state index contributed by atoms with van der Waals surface area (Å²) in [5.74, 6) is -3.55. The molecule has 9 N–H and O–H groups in total. The molecule has 0 spiro atoms. The van der Waals surface area contributed by atoms with Crippen LogP contribution in [0.2, 0.25) is 0 Å². The number of amides is 7. The van der Waals surface area contributed by atoms with E-state index >= 15 is 0 Å². The molecular weight excluding hydrogens is 919 g/mol. The quantitative estimate of drug-likeness (QED) is 0.0523. The number of hydrogen-bond donors (Lipinski definition) is 7. The lowest BCUT2D eigenvalue weighted by molar-refractivity contribution is -0.153. The number of imide groups is 1. The number of benzene rings is 3. The van der Waals surface area contributed by atoms with E-state index in [1.54, 1.807) is 49.6 Å². The Morgan fingerprint density at radius 2 is 1.46 bits per heavy atom. The number of anilines is 1. The maximum absolute atomic E-state index is 14.7. The monoisotopic (exact) mass is 983 g/mol. The van der Waals surface area contributed by atoms with Crippen molar-refractivity contribution in [2.75, 3.05) is 44.4 Å². The predicted octanol–water partition coefficient (Wildman–Crippen LogP) is 1.88. The Balaban J connectivity index is 1.26. The summed E-state index contributed by atoms with van der Waals surface area (Å²) >= 11 is 1.46. The van der Waals surface area contributed by atoms with Gasteiger partial charge in [-0.2, -0.15) is 11.8 Å². The van der Waals surface area contributed by atoms with Crippen LogP contribution in [0, 0.1) is 5.92 Å². The number of hydrogen-bond acceptors (Lipinski definition) is 14. The van der Waals surface area contributed by atoms with Gasteiger partial charge >= 0.3 is 0 Å². The van der Waals surface area contributed by atoms with Gasteiger partial charge in [-0.3, -0.25) is 48.1 Å². The van der Waals surface area contributed by atoms with E-state index in [2.05, 4.69) is 26.6 Å². The fraction of sp³-hybridized carbons (Fsp3) is 0.460. The van der Waals surface area contributed by atoms with Gasteiger partial charge in [0, 0.05) is 53.5 Å². The van der Waals surface area contributed by atoms with Gasteiger partial charge in [0.15, 0.2) is 11.6 Å². The van der Waals surface area contributed by atoms with Crippen molar-refractivity contribution >= 4 is 70.4 Å². The van der Waals surface area contributed by atoms with Gasteiger partial charge in [0.25, 0.3) is 11.8 Å². The Kier molecular flexibility index (Phi) is 19.6. The molecule has 70 heavy (non-hydrogen) atoms. The first-order valence-corrected chi connectivity index (χ1v) is 24.6. The van der Waals surface area contributed by atoms with Gasteiger partial charge in [0.05, 0.1) is 31.3 Å². The van der Waals surface area contributed by atoms with Crippen LogP contribution in [0.3, 0.4) is 0 Å². The lowest BCUT2D eigenvalue weighted by atomic mass is 9.83. The lowest BCUT2D eigenvalue weighted by Crippen LogP contribution is -2.59. The minimum atomic E-state index is -1.27. The number of carbonyl (C=O) groups is 9. The minimum absolute atomic E-state index is 0.0783. The molecule has 5 rings (SSSR count). The van der Waals surface area contributed by atoms with Crippen LogP contribution in [0.1, 0.15) is 97.7 Å². The molecule has 2 aliphatic rings. The Morgan fingerprint density at radius 3 is 2.11 bits per heavy atom. The van der Waals surface area contributed by atoms with Gasteiger partial charge in [-0.15, -0.1) is 0 Å². The standard InChI is InChI=1S/C50H65N9O10S/c1-28(2)24-39(57-41(60)25-54-47(65)37(52)27-70-26-32-17-19-33(69-6)20-18-32)49(67)58-22-10-16-40(58)50(68)59(48(66)31(5)56-46(64)30(4)55-45(63)29(3)51)23-11-21-53-38-15-9-14-36-42(38)44(62)35-13-8-7-12-34(35)43(36)61/h7-9,12-15,17-20,28-31,37,39-40,53H,10-11,16,21-27,51-52H2,1-6H3,(H,54,65)(H,55,63)(H,56,64)(H,57,60)/t29-,30+,31+,37+,39+,40+/m1/s1. The molecule has 1 aliphatic carbocycles. The van der Waals surface area contributed by atoms with Gasteiger partial charge in [-0.05, 0) is 76.1 Å². The normalized spacial score (nSPS) is 16.1. The van der Waals surface area contributed by atoms with Crippen molar-refractivity contribution in [2.45, 2.75) is 102 Å². The lowest BCUT2D eigenvalue weighted by Gasteiger charge is -2.33. The SMILES string of the molecule is COc1ccc(CSC[C@H](N)C(=O)NCC(=O)N[C@@H](CC(C)C)C(=O)N2CCC[C@H]2C(=O)N(CCCNc2cccc3c2C(=O)c2ccccc2C3=O)C(=O)[C@H](C)NC(=O)[C@H](C)NC(=O)[C@@H](C)N)cc1. The van der Waals surface area contributed by atoms with Crippen molar-refractivity contribution in [3.8, 4) is 5.75 Å². The van der Waals surface area contributed by atoms with E-state index < -0.39 is 84.1 Å². The molecule has 1 fully saturated rings. The van der Waals surface area contributed by atoms with Crippen molar-refractivity contribution in [2.24, 2.45) is 17.4 Å². The molecule has 0 aromatic heterocycles. The van der Waals surface area contributed by atoms with Crippen LogP contribution in [0.4, 0.5) is 5.69 Å². The average Bonchev–Trinajstić information content (AvgIpc) is 3.84. The zero-order chi connectivity index (χ0) is 51.2. The second-order valence-electron chi connectivity index (χ2n) is 17.9. The van der Waals surface area contributed by atoms with Gasteiger partial charge in [0.2, 0.25) is 29.5 Å². The molecule has 0 unspecified atom stereocenters. The van der Waals surface area contributed by atoms with Crippen LogP contribution >= 0.6 is 11.8 Å². The molecule has 20 heteroatoms. The number of methoxy groups -OCH3 is 1. The predicted molar refractivity (Wildman–Crippen MR) is 265 cm³/mol. The van der Waals surface area contributed by atoms with E-state index in [-0.39, 0.29) is 73.1 Å². The van der Waals surface area contributed by atoms with Crippen molar-refractivity contribution in [1.29, 1.82) is 0 Å². The Hall–Kier alpha value is -6.64. The highest BCUT2D eigenvalue weighted by Gasteiger charge is 2.42. The Morgan fingerprint density at radius 1 is 0.800 bits per heavy atom. The molecule has 1 saturated heterocycles. The zero-order valence-electron chi connectivity index (χ0n) is 40.5. The topological polar surface area (TPSA) is 282 Å². The average molecular weight is 984 g/mol. The van der Waals surface area contributed by atoms with Crippen LogP contribution in [0.5, 0.6) is 5.75 Å². The summed E-state index contributed by atoms with van der Waals surface area (Å²) in [4.78, 5) is 124. The van der Waals surface area contributed by atoms with Crippen molar-refractivity contribution in [3.05, 3.63) is 94.5 Å². The summed E-state index contributed by atoms with van der Waals surface area (Å²) in [5, 5.41) is 13.5. The first-order valence-electron chi connectivity index (χ1n) is 23.4. The minimum Gasteiger partial charge on any atom is -0.497 e. The number of likely N-dealkylation sites (tertiary alicyclic amines) is 1. The van der Waals surface area contributed by atoms with Crippen LogP contribution in [-0.4, -0.2) is 138 Å². The number of rotatable bonds is 23. The van der Waals surface area contributed by atoms with E-state index in [0.29, 0.717) is 29.2 Å². The van der Waals surface area contributed by atoms with Gasteiger partial charge in [-0.25, -0.2) is 0 Å². The molecule has 1 aliphatic heterocycles. The van der Waals surface area contributed by atoms with Crippen LogP contribution in [0.25, 0.3) is 0 Å². The number of ether oxygens (including phenoxy) is 1. The van der Waals surface area contributed by atoms with E-state index in [1.165, 1.54) is 37.4 Å². The van der Waals surface area contributed by atoms with Crippen molar-refractivity contribution in [3.63, 3.8) is 0 Å². The third kappa shape index (κ3) is 14.0. The Bertz CT molecular complexity index is 2430. The third-order valence-electron chi connectivity index (χ3n) is 11.9. The fourth-order valence-electron chi connectivity index (χ4n) is 8.13. The van der Waals surface area contributed by atoms with Gasteiger partial charge in [0.1, 0.15) is 29.9 Å². The number of nitrogens with two attached hydrogens (primary N) is 2. The van der Waals surface area contributed by atoms with Gasteiger partial charge in [-0.1, -0.05) is 62.4 Å². The van der Waals surface area contributed by atoms with Gasteiger partial charge < -0.3 is 47.7 Å².